The molecular weight excluding hydrogens is 172 g/mol. The fraction of sp³-hybridized carbons (Fsp3) is 0.556. The first kappa shape index (κ1) is 11.7. The van der Waals surface area contributed by atoms with Crippen molar-refractivity contribution in [1.29, 1.82) is 0 Å². The Balaban J connectivity index is 3.65. The first-order valence-corrected chi connectivity index (χ1v) is 4.02. The van der Waals surface area contributed by atoms with Gasteiger partial charge in [-0.2, -0.15) is 0 Å². The monoisotopic (exact) mass is 186 g/mol. The Morgan fingerprint density at radius 2 is 2.00 bits per heavy atom. The molecule has 0 aromatic carbocycles. The third-order valence-electron chi connectivity index (χ3n) is 1.02. The molecule has 0 unspecified atom stereocenters. The summed E-state index contributed by atoms with van der Waals surface area (Å²) < 4.78 is 9.32. The Bertz CT molecular complexity index is 196. The van der Waals surface area contributed by atoms with Crippen LogP contribution in [-0.2, 0) is 19.1 Å². The van der Waals surface area contributed by atoms with Crippen molar-refractivity contribution in [2.45, 2.75) is 26.4 Å². The molecule has 0 heterocycles. The van der Waals surface area contributed by atoms with E-state index < -0.39 is 11.9 Å². The van der Waals surface area contributed by atoms with E-state index in [9.17, 15) is 9.59 Å². The molecule has 0 aromatic heterocycles. The Morgan fingerprint density at radius 1 is 1.38 bits per heavy atom. The van der Waals surface area contributed by atoms with Gasteiger partial charge in [0.2, 0.25) is 0 Å². The third kappa shape index (κ3) is 7.05. The number of carbonyl (C=O) groups is 2. The Kier molecular flexibility index (Phi) is 5.59. The van der Waals surface area contributed by atoms with Crippen LogP contribution in [0.4, 0.5) is 0 Å². The first-order chi connectivity index (χ1) is 6.06. The molecule has 0 radical (unpaired) electrons. The average Bonchev–Trinajstić information content (AvgIpc) is 1.98. The topological polar surface area (TPSA) is 52.6 Å². The van der Waals surface area contributed by atoms with Crippen molar-refractivity contribution in [3.8, 4) is 0 Å². The minimum Gasteiger partial charge on any atom is -0.463 e. The molecule has 4 heteroatoms. The van der Waals surface area contributed by atoms with Crippen LogP contribution in [-0.4, -0.2) is 24.6 Å². The molecule has 0 spiro atoms. The highest BCUT2D eigenvalue weighted by atomic mass is 16.6. The zero-order valence-corrected chi connectivity index (χ0v) is 7.91. The van der Waals surface area contributed by atoms with Crippen molar-refractivity contribution in [1.82, 2.24) is 0 Å². The zero-order valence-electron chi connectivity index (χ0n) is 7.91. The summed E-state index contributed by atoms with van der Waals surface area (Å²) in [5.41, 5.74) is 0. The van der Waals surface area contributed by atoms with Gasteiger partial charge in [0.1, 0.15) is 13.0 Å². The maximum absolute atomic E-state index is 10.9. The van der Waals surface area contributed by atoms with Crippen molar-refractivity contribution in [2.24, 2.45) is 0 Å². The van der Waals surface area contributed by atoms with E-state index in [1.54, 1.807) is 13.8 Å². The SMILES string of the molecule is C=CCOC(=O)CC(=O)OC(C)C. The largest absolute Gasteiger partial charge is 0.463 e. The van der Waals surface area contributed by atoms with E-state index in [2.05, 4.69) is 11.3 Å². The molecule has 0 saturated carbocycles. The fourth-order valence-corrected chi connectivity index (χ4v) is 0.625. The van der Waals surface area contributed by atoms with Gasteiger partial charge in [-0.25, -0.2) is 0 Å². The summed E-state index contributed by atoms with van der Waals surface area (Å²) in [5.74, 6) is -1.16. The smallest absolute Gasteiger partial charge is 0.317 e. The van der Waals surface area contributed by atoms with Gasteiger partial charge in [0, 0.05) is 0 Å². The van der Waals surface area contributed by atoms with Gasteiger partial charge in [-0.3, -0.25) is 9.59 Å². The van der Waals surface area contributed by atoms with E-state index in [4.69, 9.17) is 4.74 Å². The number of esters is 2. The molecule has 0 atom stereocenters. The maximum atomic E-state index is 10.9. The predicted molar refractivity (Wildman–Crippen MR) is 47.0 cm³/mol. The second-order valence-corrected chi connectivity index (χ2v) is 2.69. The number of hydrogen-bond donors (Lipinski definition) is 0. The van der Waals surface area contributed by atoms with Gasteiger partial charge < -0.3 is 9.47 Å². The minimum atomic E-state index is -0.592. The van der Waals surface area contributed by atoms with Crippen molar-refractivity contribution in [3.05, 3.63) is 12.7 Å². The molecule has 0 amide bonds. The van der Waals surface area contributed by atoms with E-state index in [0.717, 1.165) is 0 Å². The van der Waals surface area contributed by atoms with Crippen LogP contribution in [0.1, 0.15) is 20.3 Å². The number of carbonyl (C=O) groups excluding carboxylic acids is 2. The fourth-order valence-electron chi connectivity index (χ4n) is 0.625. The lowest BCUT2D eigenvalue weighted by Crippen LogP contribution is -2.17. The van der Waals surface area contributed by atoms with E-state index in [1.807, 2.05) is 0 Å². The predicted octanol–water partition coefficient (Wildman–Crippen LogP) is 1.06. The Labute approximate surface area is 77.5 Å². The number of ether oxygens (including phenoxy) is 2. The lowest BCUT2D eigenvalue weighted by molar-refractivity contribution is -0.156. The van der Waals surface area contributed by atoms with E-state index >= 15 is 0 Å². The second kappa shape index (κ2) is 6.22. The lowest BCUT2D eigenvalue weighted by Gasteiger charge is -2.06. The van der Waals surface area contributed by atoms with Gasteiger partial charge in [0.05, 0.1) is 6.10 Å². The maximum Gasteiger partial charge on any atom is 0.317 e. The quantitative estimate of drug-likeness (QED) is 0.366. The van der Waals surface area contributed by atoms with Crippen LogP contribution in [0.3, 0.4) is 0 Å². The summed E-state index contributed by atoms with van der Waals surface area (Å²) in [7, 11) is 0. The molecule has 74 valence electrons. The first-order valence-electron chi connectivity index (χ1n) is 4.02. The van der Waals surface area contributed by atoms with Crippen LogP contribution in [0.5, 0.6) is 0 Å². The van der Waals surface area contributed by atoms with E-state index in [1.165, 1.54) is 6.08 Å². The zero-order chi connectivity index (χ0) is 10.3. The molecule has 0 fully saturated rings. The molecule has 0 rings (SSSR count). The van der Waals surface area contributed by atoms with Gasteiger partial charge in [0.15, 0.2) is 0 Å². The summed E-state index contributed by atoms with van der Waals surface area (Å²) in [5, 5.41) is 0. The Hall–Kier alpha value is -1.32. The number of rotatable bonds is 5. The summed E-state index contributed by atoms with van der Waals surface area (Å²) in [6.45, 7) is 6.92. The van der Waals surface area contributed by atoms with Crippen LogP contribution in [0.15, 0.2) is 12.7 Å². The van der Waals surface area contributed by atoms with Gasteiger partial charge >= 0.3 is 11.9 Å². The average molecular weight is 186 g/mol. The van der Waals surface area contributed by atoms with Crippen molar-refractivity contribution in [3.63, 3.8) is 0 Å². The lowest BCUT2D eigenvalue weighted by atomic mass is 10.4. The van der Waals surface area contributed by atoms with Gasteiger partial charge in [-0.05, 0) is 13.8 Å². The normalized spacial score (nSPS) is 9.46. The van der Waals surface area contributed by atoms with Crippen molar-refractivity contribution in [2.75, 3.05) is 6.61 Å². The van der Waals surface area contributed by atoms with Crippen LogP contribution >= 0.6 is 0 Å². The highest BCUT2D eigenvalue weighted by molar-refractivity contribution is 5.91. The summed E-state index contributed by atoms with van der Waals surface area (Å²) in [6.07, 6.45) is 0.886. The molecule has 0 aliphatic carbocycles. The van der Waals surface area contributed by atoms with Gasteiger partial charge in [-0.1, -0.05) is 12.7 Å². The molecule has 13 heavy (non-hydrogen) atoms. The highest BCUT2D eigenvalue weighted by Gasteiger charge is 2.12. The molecule has 4 nitrogen and oxygen atoms in total. The number of hydrogen-bond acceptors (Lipinski definition) is 4. The van der Waals surface area contributed by atoms with Crippen molar-refractivity contribution >= 4 is 11.9 Å². The molecule has 0 saturated heterocycles. The van der Waals surface area contributed by atoms with Crippen LogP contribution in [0, 0.1) is 0 Å². The van der Waals surface area contributed by atoms with E-state index in [-0.39, 0.29) is 19.1 Å². The Morgan fingerprint density at radius 3 is 2.46 bits per heavy atom. The summed E-state index contributed by atoms with van der Waals surface area (Å²) in [4.78, 5) is 21.7. The molecule has 0 aliphatic heterocycles. The van der Waals surface area contributed by atoms with E-state index in [0.29, 0.717) is 0 Å². The van der Waals surface area contributed by atoms with Crippen LogP contribution in [0.2, 0.25) is 0 Å². The highest BCUT2D eigenvalue weighted by Crippen LogP contribution is 1.95. The molecule has 0 aromatic rings. The van der Waals surface area contributed by atoms with Crippen LogP contribution in [0.25, 0.3) is 0 Å². The summed E-state index contributed by atoms with van der Waals surface area (Å²) >= 11 is 0. The second-order valence-electron chi connectivity index (χ2n) is 2.69. The third-order valence-corrected chi connectivity index (χ3v) is 1.02. The molecule has 0 bridgehead atoms. The minimum absolute atomic E-state index is 0.119. The molecular formula is C9H14O4. The molecule has 0 aliphatic rings. The van der Waals surface area contributed by atoms with Gasteiger partial charge in [-0.15, -0.1) is 0 Å². The summed E-state index contributed by atoms with van der Waals surface area (Å²) in [6, 6.07) is 0. The van der Waals surface area contributed by atoms with Gasteiger partial charge in [0.25, 0.3) is 0 Å². The van der Waals surface area contributed by atoms with Crippen molar-refractivity contribution < 1.29 is 19.1 Å². The molecule has 0 N–H and O–H groups in total. The van der Waals surface area contributed by atoms with Crippen LogP contribution < -0.4 is 0 Å². The standard InChI is InChI=1S/C9H14O4/c1-4-5-12-8(10)6-9(11)13-7(2)3/h4,7H,1,5-6H2,2-3H3.